The summed E-state index contributed by atoms with van der Waals surface area (Å²) in [6.45, 7) is 4.18. The fraction of sp³-hybridized carbons (Fsp3) is 0.571. The zero-order chi connectivity index (χ0) is 6.85. The number of hydrogen-bond donors (Lipinski definition) is 0. The molecule has 0 unspecified atom stereocenters. The van der Waals surface area contributed by atoms with Gasteiger partial charge in [-0.2, -0.15) is 0 Å². The molecule has 0 aromatic carbocycles. The van der Waals surface area contributed by atoms with E-state index in [4.69, 9.17) is 0 Å². The zero-order valence-electron chi connectivity index (χ0n) is 6.18. The maximum absolute atomic E-state index is 4.15. The Balaban J connectivity index is 3.07. The Morgan fingerprint density at radius 2 is 2.33 bits per heavy atom. The highest BCUT2D eigenvalue weighted by Crippen LogP contribution is 2.03. The predicted molar refractivity (Wildman–Crippen MR) is 37.3 cm³/mol. The largest absolute Gasteiger partial charge is 0.337 e. The molecule has 50 valence electrons. The average molecular weight is 124 g/mol. The fourth-order valence-electron chi connectivity index (χ4n) is 1.08. The lowest BCUT2D eigenvalue weighted by Crippen LogP contribution is -1.93. The van der Waals surface area contributed by atoms with E-state index >= 15 is 0 Å². The highest BCUT2D eigenvalue weighted by atomic mass is 15.0. The van der Waals surface area contributed by atoms with Gasteiger partial charge in [0, 0.05) is 12.7 Å². The van der Waals surface area contributed by atoms with Gasteiger partial charge in [-0.05, 0) is 13.3 Å². The number of aromatic nitrogens is 2. The second-order valence-electron chi connectivity index (χ2n) is 2.24. The number of rotatable bonds is 1. The third-order valence-corrected chi connectivity index (χ3v) is 1.60. The summed E-state index contributed by atoms with van der Waals surface area (Å²) in [6, 6.07) is 0. The molecule has 9 heavy (non-hydrogen) atoms. The van der Waals surface area contributed by atoms with Crippen molar-refractivity contribution in [2.45, 2.75) is 20.3 Å². The van der Waals surface area contributed by atoms with Gasteiger partial charge in [0.1, 0.15) is 0 Å². The first-order chi connectivity index (χ1) is 4.25. The lowest BCUT2D eigenvalue weighted by Gasteiger charge is -1.96. The summed E-state index contributed by atoms with van der Waals surface area (Å²) in [4.78, 5) is 4.15. The molecule has 1 aromatic heterocycles. The van der Waals surface area contributed by atoms with Crippen molar-refractivity contribution in [3.05, 3.63) is 17.7 Å². The summed E-state index contributed by atoms with van der Waals surface area (Å²) < 4.78 is 2.06. The van der Waals surface area contributed by atoms with Gasteiger partial charge in [0.25, 0.3) is 0 Å². The quantitative estimate of drug-likeness (QED) is 0.551. The molecule has 0 aliphatic heterocycles. The minimum absolute atomic E-state index is 1.07. The first kappa shape index (κ1) is 6.33. The van der Waals surface area contributed by atoms with Gasteiger partial charge in [0.05, 0.1) is 12.0 Å². The molecular weight excluding hydrogens is 112 g/mol. The van der Waals surface area contributed by atoms with Crippen molar-refractivity contribution in [3.8, 4) is 0 Å². The summed E-state index contributed by atoms with van der Waals surface area (Å²) in [7, 11) is 2.03. The van der Waals surface area contributed by atoms with E-state index in [9.17, 15) is 0 Å². The molecule has 0 saturated heterocycles. The van der Waals surface area contributed by atoms with Crippen LogP contribution in [-0.4, -0.2) is 9.55 Å². The molecule has 0 radical (unpaired) electrons. The summed E-state index contributed by atoms with van der Waals surface area (Å²) >= 11 is 0. The molecule has 1 aromatic rings. The monoisotopic (exact) mass is 124 g/mol. The van der Waals surface area contributed by atoms with Gasteiger partial charge in [-0.1, -0.05) is 6.92 Å². The van der Waals surface area contributed by atoms with Crippen molar-refractivity contribution >= 4 is 0 Å². The molecule has 2 nitrogen and oxygen atoms in total. The highest BCUT2D eigenvalue weighted by Gasteiger charge is 1.98. The standard InChI is InChI=1S/C7H12N2/c1-4-7-6(2)8-5-9(7)3/h5H,4H2,1-3H3. The highest BCUT2D eigenvalue weighted by molar-refractivity contribution is 5.09. The van der Waals surface area contributed by atoms with E-state index in [1.165, 1.54) is 5.69 Å². The van der Waals surface area contributed by atoms with Crippen LogP contribution in [0.15, 0.2) is 6.33 Å². The zero-order valence-corrected chi connectivity index (χ0v) is 6.18. The Labute approximate surface area is 55.5 Å². The van der Waals surface area contributed by atoms with Crippen LogP contribution in [0.3, 0.4) is 0 Å². The molecule has 0 aliphatic carbocycles. The maximum Gasteiger partial charge on any atom is 0.0948 e. The van der Waals surface area contributed by atoms with Crippen molar-refractivity contribution in [2.24, 2.45) is 7.05 Å². The SMILES string of the molecule is CCc1c(C)ncn1C. The van der Waals surface area contributed by atoms with Crippen molar-refractivity contribution in [1.82, 2.24) is 9.55 Å². The van der Waals surface area contributed by atoms with Gasteiger partial charge < -0.3 is 4.57 Å². The van der Waals surface area contributed by atoms with Crippen LogP contribution in [0.5, 0.6) is 0 Å². The van der Waals surface area contributed by atoms with E-state index in [0.717, 1.165) is 12.1 Å². The Morgan fingerprint density at radius 1 is 1.67 bits per heavy atom. The lowest BCUT2D eigenvalue weighted by molar-refractivity contribution is 0.829. The van der Waals surface area contributed by atoms with Gasteiger partial charge in [-0.15, -0.1) is 0 Å². The van der Waals surface area contributed by atoms with Crippen molar-refractivity contribution in [2.75, 3.05) is 0 Å². The summed E-state index contributed by atoms with van der Waals surface area (Å²) in [5, 5.41) is 0. The second kappa shape index (κ2) is 2.21. The number of nitrogens with zero attached hydrogens (tertiary/aromatic N) is 2. The molecule has 0 amide bonds. The Kier molecular flexibility index (Phi) is 1.56. The van der Waals surface area contributed by atoms with E-state index < -0.39 is 0 Å². The maximum atomic E-state index is 4.15. The van der Waals surface area contributed by atoms with E-state index in [1.807, 2.05) is 20.3 Å². The molecule has 1 heterocycles. The van der Waals surface area contributed by atoms with Gasteiger partial charge in [0.15, 0.2) is 0 Å². The second-order valence-corrected chi connectivity index (χ2v) is 2.24. The van der Waals surface area contributed by atoms with Crippen LogP contribution in [-0.2, 0) is 13.5 Å². The van der Waals surface area contributed by atoms with Crippen LogP contribution in [0.25, 0.3) is 0 Å². The summed E-state index contributed by atoms with van der Waals surface area (Å²) in [5.41, 5.74) is 2.48. The Morgan fingerprint density at radius 3 is 2.56 bits per heavy atom. The first-order valence-electron chi connectivity index (χ1n) is 3.22. The number of aryl methyl sites for hydroxylation is 2. The van der Waals surface area contributed by atoms with Crippen LogP contribution >= 0.6 is 0 Å². The first-order valence-corrected chi connectivity index (χ1v) is 3.22. The third-order valence-electron chi connectivity index (χ3n) is 1.60. The molecule has 0 N–H and O–H groups in total. The molecule has 0 fully saturated rings. The van der Waals surface area contributed by atoms with E-state index in [-0.39, 0.29) is 0 Å². The van der Waals surface area contributed by atoms with Crippen LogP contribution in [0.4, 0.5) is 0 Å². The van der Waals surface area contributed by atoms with E-state index in [1.54, 1.807) is 0 Å². The van der Waals surface area contributed by atoms with E-state index in [0.29, 0.717) is 0 Å². The molecule has 0 bridgehead atoms. The van der Waals surface area contributed by atoms with E-state index in [2.05, 4.69) is 16.5 Å². The van der Waals surface area contributed by atoms with Crippen molar-refractivity contribution < 1.29 is 0 Å². The van der Waals surface area contributed by atoms with Gasteiger partial charge in [-0.3, -0.25) is 0 Å². The third kappa shape index (κ3) is 0.969. The van der Waals surface area contributed by atoms with Crippen molar-refractivity contribution in [1.29, 1.82) is 0 Å². The van der Waals surface area contributed by atoms with Crippen LogP contribution < -0.4 is 0 Å². The average Bonchev–Trinajstić information content (AvgIpc) is 2.12. The normalized spacial score (nSPS) is 10.1. The van der Waals surface area contributed by atoms with Gasteiger partial charge >= 0.3 is 0 Å². The fourth-order valence-corrected chi connectivity index (χ4v) is 1.08. The lowest BCUT2D eigenvalue weighted by atomic mass is 10.3. The summed E-state index contributed by atoms with van der Waals surface area (Å²) in [6.07, 6.45) is 2.93. The molecule has 0 aliphatic rings. The molecule has 0 saturated carbocycles. The van der Waals surface area contributed by atoms with Crippen molar-refractivity contribution in [3.63, 3.8) is 0 Å². The van der Waals surface area contributed by atoms with Crippen LogP contribution in [0.1, 0.15) is 18.3 Å². The molecule has 0 atom stereocenters. The molecule has 2 heteroatoms. The van der Waals surface area contributed by atoms with Crippen LogP contribution in [0.2, 0.25) is 0 Å². The number of imidazole rings is 1. The minimum atomic E-state index is 1.07. The summed E-state index contributed by atoms with van der Waals surface area (Å²) in [5.74, 6) is 0. The number of hydrogen-bond acceptors (Lipinski definition) is 1. The Bertz CT molecular complexity index is 181. The van der Waals surface area contributed by atoms with Crippen LogP contribution in [0, 0.1) is 6.92 Å². The molecule has 1 rings (SSSR count). The minimum Gasteiger partial charge on any atom is -0.337 e. The van der Waals surface area contributed by atoms with Gasteiger partial charge in [0.2, 0.25) is 0 Å². The molecule has 0 spiro atoms. The topological polar surface area (TPSA) is 17.8 Å². The Hall–Kier alpha value is -0.790. The smallest absolute Gasteiger partial charge is 0.0948 e. The predicted octanol–water partition coefficient (Wildman–Crippen LogP) is 1.29. The molecular formula is C7H12N2. The van der Waals surface area contributed by atoms with Gasteiger partial charge in [-0.25, -0.2) is 4.98 Å².